The summed E-state index contributed by atoms with van der Waals surface area (Å²) < 4.78 is 11.9. The molecule has 2 aromatic carbocycles. The molecule has 156 valence electrons. The first-order valence-corrected chi connectivity index (χ1v) is 10.4. The molecule has 2 aliphatic heterocycles. The number of rotatable bonds is 4. The van der Waals surface area contributed by atoms with Crippen molar-refractivity contribution < 1.29 is 24.2 Å². The van der Waals surface area contributed by atoms with E-state index in [1.807, 2.05) is 32.1 Å². The molecular formula is C23H22BrNO5. The van der Waals surface area contributed by atoms with Crippen LogP contribution >= 0.6 is 15.9 Å². The molecule has 30 heavy (non-hydrogen) atoms. The number of anilines is 1. The summed E-state index contributed by atoms with van der Waals surface area (Å²) in [5.74, 6) is -0.968. The van der Waals surface area contributed by atoms with Gasteiger partial charge in [0.15, 0.2) is 0 Å². The highest BCUT2D eigenvalue weighted by atomic mass is 79.9. The van der Waals surface area contributed by atoms with Gasteiger partial charge >= 0.3 is 5.97 Å². The first kappa shape index (κ1) is 20.6. The van der Waals surface area contributed by atoms with Gasteiger partial charge in [0, 0.05) is 23.0 Å². The first-order chi connectivity index (χ1) is 14.2. The lowest BCUT2D eigenvalue weighted by atomic mass is 9.75. The van der Waals surface area contributed by atoms with E-state index in [1.165, 1.54) is 12.0 Å². The average Bonchev–Trinajstić information content (AvgIpc) is 3.22. The maximum atomic E-state index is 13.7. The number of carbonyl (C=O) groups is 2. The molecule has 0 aromatic heterocycles. The summed E-state index contributed by atoms with van der Waals surface area (Å²) in [5.41, 5.74) is -1.57. The van der Waals surface area contributed by atoms with Gasteiger partial charge in [0.2, 0.25) is 5.60 Å². The number of halogens is 1. The van der Waals surface area contributed by atoms with Crippen molar-refractivity contribution in [2.45, 2.75) is 31.5 Å². The van der Waals surface area contributed by atoms with Crippen LogP contribution in [-0.2, 0) is 26.3 Å². The third-order valence-electron chi connectivity index (χ3n) is 5.67. The molecule has 1 unspecified atom stereocenters. The van der Waals surface area contributed by atoms with Crippen LogP contribution in [0.25, 0.3) is 0 Å². The normalized spacial score (nSPS) is 24.2. The molecule has 0 bridgehead atoms. The second-order valence-corrected chi connectivity index (χ2v) is 8.69. The minimum atomic E-state index is -2.25. The molecule has 6 nitrogen and oxygen atoms in total. The molecule has 7 heteroatoms. The fraction of sp³-hybridized carbons (Fsp3) is 0.304. The Hall–Kier alpha value is -2.64. The van der Waals surface area contributed by atoms with Gasteiger partial charge in [-0.1, -0.05) is 51.8 Å². The molecule has 2 heterocycles. The summed E-state index contributed by atoms with van der Waals surface area (Å²) in [4.78, 5) is 28.3. The van der Waals surface area contributed by atoms with E-state index in [2.05, 4.69) is 15.9 Å². The number of aliphatic hydroxyl groups is 1. The van der Waals surface area contributed by atoms with Gasteiger partial charge in [-0.25, -0.2) is 4.79 Å². The summed E-state index contributed by atoms with van der Waals surface area (Å²) in [6, 6.07) is 12.3. The SMILES string of the molecule is COC(=O)C1([C@]2(O)C(=O)N(CC=C(C)C)c3cc(Br)ccc32)Cc2ccccc2O1. The van der Waals surface area contributed by atoms with Crippen molar-refractivity contribution in [1.29, 1.82) is 0 Å². The third kappa shape index (κ3) is 2.80. The Bertz CT molecular complexity index is 1050. The lowest BCUT2D eigenvalue weighted by Crippen LogP contribution is -2.65. The Balaban J connectivity index is 1.93. The van der Waals surface area contributed by atoms with Crippen LogP contribution < -0.4 is 9.64 Å². The largest absolute Gasteiger partial charge is 0.471 e. The van der Waals surface area contributed by atoms with Gasteiger partial charge < -0.3 is 19.5 Å². The zero-order valence-electron chi connectivity index (χ0n) is 16.9. The average molecular weight is 472 g/mol. The second-order valence-electron chi connectivity index (χ2n) is 7.77. The van der Waals surface area contributed by atoms with E-state index in [9.17, 15) is 14.7 Å². The Morgan fingerprint density at radius 2 is 2.03 bits per heavy atom. The van der Waals surface area contributed by atoms with Crippen LogP contribution in [0.5, 0.6) is 5.75 Å². The van der Waals surface area contributed by atoms with E-state index in [1.54, 1.807) is 30.3 Å². The highest BCUT2D eigenvalue weighted by Gasteiger charge is 2.71. The lowest BCUT2D eigenvalue weighted by Gasteiger charge is -2.38. The van der Waals surface area contributed by atoms with Gasteiger partial charge in [-0.15, -0.1) is 0 Å². The second kappa shape index (κ2) is 7.25. The molecule has 0 aliphatic carbocycles. The van der Waals surface area contributed by atoms with Crippen LogP contribution in [0.3, 0.4) is 0 Å². The maximum Gasteiger partial charge on any atom is 0.354 e. The molecule has 0 spiro atoms. The number of esters is 1. The molecule has 2 atom stereocenters. The van der Waals surface area contributed by atoms with Crippen LogP contribution in [0.15, 0.2) is 58.6 Å². The Labute approximate surface area is 183 Å². The van der Waals surface area contributed by atoms with E-state index in [4.69, 9.17) is 9.47 Å². The molecule has 4 rings (SSSR count). The summed E-state index contributed by atoms with van der Waals surface area (Å²) in [6.45, 7) is 4.12. The number of methoxy groups -OCH3 is 1. The fourth-order valence-corrected chi connectivity index (χ4v) is 4.52. The number of ether oxygens (including phenoxy) is 2. The van der Waals surface area contributed by atoms with E-state index in [-0.39, 0.29) is 13.0 Å². The number of benzene rings is 2. The number of nitrogens with zero attached hydrogens (tertiary/aromatic N) is 1. The van der Waals surface area contributed by atoms with Crippen molar-refractivity contribution in [1.82, 2.24) is 0 Å². The Morgan fingerprint density at radius 1 is 1.30 bits per heavy atom. The summed E-state index contributed by atoms with van der Waals surface area (Å²) in [7, 11) is 1.22. The smallest absolute Gasteiger partial charge is 0.354 e. The highest BCUT2D eigenvalue weighted by molar-refractivity contribution is 9.10. The number of fused-ring (bicyclic) bond motifs is 2. The van der Waals surface area contributed by atoms with Crippen molar-refractivity contribution >= 4 is 33.5 Å². The molecule has 0 radical (unpaired) electrons. The molecule has 1 N–H and O–H groups in total. The van der Waals surface area contributed by atoms with Crippen LogP contribution in [-0.4, -0.2) is 36.2 Å². The number of hydrogen-bond donors (Lipinski definition) is 1. The van der Waals surface area contributed by atoms with Crippen molar-refractivity contribution in [3.05, 3.63) is 69.7 Å². The molecule has 0 fully saturated rings. The van der Waals surface area contributed by atoms with Crippen molar-refractivity contribution in [2.75, 3.05) is 18.6 Å². The molecular weight excluding hydrogens is 450 g/mol. The number of carbonyl (C=O) groups excluding carboxylic acids is 2. The fourth-order valence-electron chi connectivity index (χ4n) is 4.17. The highest BCUT2D eigenvalue weighted by Crippen LogP contribution is 2.53. The predicted molar refractivity (Wildman–Crippen MR) is 115 cm³/mol. The molecule has 1 amide bonds. The van der Waals surface area contributed by atoms with Gasteiger partial charge in [-0.2, -0.15) is 0 Å². The van der Waals surface area contributed by atoms with Gasteiger partial charge in [0.05, 0.1) is 12.8 Å². The molecule has 0 saturated heterocycles. The number of hydrogen-bond acceptors (Lipinski definition) is 5. The number of para-hydroxylation sites is 1. The van der Waals surface area contributed by atoms with Crippen molar-refractivity contribution in [3.63, 3.8) is 0 Å². The van der Waals surface area contributed by atoms with Crippen LogP contribution in [0.1, 0.15) is 25.0 Å². The minimum absolute atomic E-state index is 0.0179. The van der Waals surface area contributed by atoms with Crippen LogP contribution in [0, 0.1) is 0 Å². The summed E-state index contributed by atoms with van der Waals surface area (Å²) in [5, 5.41) is 12.0. The van der Waals surface area contributed by atoms with Gasteiger partial charge in [0.25, 0.3) is 11.5 Å². The topological polar surface area (TPSA) is 76.1 Å². The quantitative estimate of drug-likeness (QED) is 0.545. The minimum Gasteiger partial charge on any atom is -0.471 e. The van der Waals surface area contributed by atoms with Crippen LogP contribution in [0.4, 0.5) is 5.69 Å². The standard InChI is InChI=1S/C23H22BrNO5/c1-14(2)10-11-25-18-12-16(24)8-9-17(18)23(28,20(25)26)22(21(27)29-3)13-15-6-4-5-7-19(15)30-22/h4-10,12,28H,11,13H2,1-3H3/t22?,23-/m1/s1. The zero-order chi connectivity index (χ0) is 21.7. The van der Waals surface area contributed by atoms with E-state index < -0.39 is 23.1 Å². The van der Waals surface area contributed by atoms with E-state index in [0.717, 1.165) is 15.6 Å². The summed E-state index contributed by atoms with van der Waals surface area (Å²) in [6.07, 6.45) is 1.91. The third-order valence-corrected chi connectivity index (χ3v) is 6.17. The first-order valence-electron chi connectivity index (χ1n) is 9.57. The molecule has 2 aromatic rings. The van der Waals surface area contributed by atoms with Crippen molar-refractivity contribution in [3.8, 4) is 5.75 Å². The van der Waals surface area contributed by atoms with Gasteiger partial charge in [0.1, 0.15) is 5.75 Å². The Morgan fingerprint density at radius 3 is 2.70 bits per heavy atom. The van der Waals surface area contributed by atoms with Crippen molar-refractivity contribution in [2.24, 2.45) is 0 Å². The van der Waals surface area contributed by atoms with Crippen LogP contribution in [0.2, 0.25) is 0 Å². The zero-order valence-corrected chi connectivity index (χ0v) is 18.5. The van der Waals surface area contributed by atoms with E-state index >= 15 is 0 Å². The lowest BCUT2D eigenvalue weighted by molar-refractivity contribution is -0.190. The summed E-state index contributed by atoms with van der Waals surface area (Å²) >= 11 is 3.43. The maximum absolute atomic E-state index is 13.7. The Kier molecular flexibility index (Phi) is 4.98. The molecule has 2 aliphatic rings. The molecule has 0 saturated carbocycles. The monoisotopic (exact) mass is 471 g/mol. The number of allylic oxidation sites excluding steroid dienone is 1. The number of amides is 1. The predicted octanol–water partition coefficient (Wildman–Crippen LogP) is 3.50. The van der Waals surface area contributed by atoms with E-state index in [0.29, 0.717) is 17.0 Å². The van der Waals surface area contributed by atoms with Gasteiger partial charge in [-0.05, 0) is 37.6 Å². The van der Waals surface area contributed by atoms with Gasteiger partial charge in [-0.3, -0.25) is 4.79 Å².